The molecule has 1 aromatic carbocycles. The molecule has 0 aromatic heterocycles. The summed E-state index contributed by atoms with van der Waals surface area (Å²) < 4.78 is 10.8. The Morgan fingerprint density at radius 1 is 1.16 bits per heavy atom. The number of ether oxygens (including phenoxy) is 2. The quantitative estimate of drug-likeness (QED) is 0.511. The average Bonchev–Trinajstić information content (AvgIpc) is 2.80. The third kappa shape index (κ3) is 6.34. The molecule has 0 saturated carbocycles. The number of benzene rings is 1. The minimum Gasteiger partial charge on any atom is -0.497 e. The second kappa shape index (κ2) is 11.2. The maximum absolute atomic E-state index is 5.51. The molecule has 0 amide bonds. The molecule has 2 fully saturated rings. The summed E-state index contributed by atoms with van der Waals surface area (Å²) in [5.74, 6) is 2.31. The fraction of sp³-hybridized carbons (Fsp3) is 0.708. The van der Waals surface area contributed by atoms with Crippen molar-refractivity contribution in [1.29, 1.82) is 0 Å². The number of nitrogens with zero attached hydrogens (tertiary/aromatic N) is 3. The van der Waals surface area contributed by atoms with E-state index >= 15 is 0 Å². The predicted molar refractivity (Wildman–Crippen MR) is 127 cm³/mol. The number of rotatable bonds is 7. The molecule has 0 radical (unpaired) electrons. The molecule has 1 aromatic rings. The Kier molecular flexibility index (Phi) is 8.58. The smallest absolute Gasteiger partial charge is 0.191 e. The Bertz CT molecular complexity index is 700. The Balaban J connectivity index is 1.57. The molecule has 2 atom stereocenters. The first-order valence-corrected chi connectivity index (χ1v) is 11.6. The van der Waals surface area contributed by atoms with Crippen LogP contribution in [-0.2, 0) is 4.74 Å². The summed E-state index contributed by atoms with van der Waals surface area (Å²) in [6.07, 6.45) is 2.44. The van der Waals surface area contributed by atoms with Gasteiger partial charge < -0.3 is 20.1 Å². The minimum absolute atomic E-state index is 0.0537. The second-order valence-corrected chi connectivity index (χ2v) is 9.32. The Morgan fingerprint density at radius 2 is 1.87 bits per heavy atom. The Morgan fingerprint density at radius 3 is 2.52 bits per heavy atom. The number of hydrogen-bond acceptors (Lipinski definition) is 5. The van der Waals surface area contributed by atoms with Crippen LogP contribution in [0.25, 0.3) is 0 Å². The van der Waals surface area contributed by atoms with E-state index in [4.69, 9.17) is 9.47 Å². The molecule has 0 aliphatic carbocycles. The van der Waals surface area contributed by atoms with Gasteiger partial charge in [-0.1, -0.05) is 12.1 Å². The van der Waals surface area contributed by atoms with E-state index in [1.807, 2.05) is 7.05 Å². The van der Waals surface area contributed by atoms with Gasteiger partial charge in [0.15, 0.2) is 5.96 Å². The molecular formula is C24H41N5O2. The van der Waals surface area contributed by atoms with Crippen LogP contribution >= 0.6 is 0 Å². The van der Waals surface area contributed by atoms with Crippen molar-refractivity contribution < 1.29 is 9.47 Å². The van der Waals surface area contributed by atoms with Gasteiger partial charge in [0.05, 0.1) is 20.3 Å². The number of hydrogen-bond donors (Lipinski definition) is 2. The van der Waals surface area contributed by atoms with Crippen LogP contribution in [0.5, 0.6) is 5.75 Å². The number of methoxy groups -OCH3 is 1. The number of piperidine rings is 1. The number of nitrogens with one attached hydrogen (secondary N) is 2. The standard InChI is InChI=1S/C24H41N5O2/c1-24(2,29-13-15-31-16-14-29)18-27-23(25-3)26-17-20-7-6-12-28(4)22(20)19-8-10-21(30-5)11-9-19/h8-11,20,22H,6-7,12-18H2,1-5H3,(H2,25,26,27). The summed E-state index contributed by atoms with van der Waals surface area (Å²) in [6, 6.07) is 8.94. The van der Waals surface area contributed by atoms with E-state index < -0.39 is 0 Å². The zero-order valence-electron chi connectivity index (χ0n) is 20.0. The first-order chi connectivity index (χ1) is 14.9. The molecule has 3 rings (SSSR count). The van der Waals surface area contributed by atoms with Crippen molar-refractivity contribution in [3.63, 3.8) is 0 Å². The number of likely N-dealkylation sites (tertiary alicyclic amines) is 1. The monoisotopic (exact) mass is 431 g/mol. The van der Waals surface area contributed by atoms with Crippen molar-refractivity contribution in [2.24, 2.45) is 10.9 Å². The molecule has 2 unspecified atom stereocenters. The van der Waals surface area contributed by atoms with E-state index in [1.165, 1.54) is 18.4 Å². The lowest BCUT2D eigenvalue weighted by Gasteiger charge is -2.41. The van der Waals surface area contributed by atoms with Crippen LogP contribution in [0.1, 0.15) is 38.3 Å². The van der Waals surface area contributed by atoms with Gasteiger partial charge >= 0.3 is 0 Å². The highest BCUT2D eigenvalue weighted by atomic mass is 16.5. The van der Waals surface area contributed by atoms with Crippen molar-refractivity contribution in [1.82, 2.24) is 20.4 Å². The highest BCUT2D eigenvalue weighted by Crippen LogP contribution is 2.35. The maximum Gasteiger partial charge on any atom is 0.191 e. The molecule has 174 valence electrons. The van der Waals surface area contributed by atoms with Crippen LogP contribution in [0.15, 0.2) is 29.3 Å². The fourth-order valence-corrected chi connectivity index (χ4v) is 4.83. The average molecular weight is 432 g/mol. The predicted octanol–water partition coefficient (Wildman–Crippen LogP) is 2.35. The summed E-state index contributed by atoms with van der Waals surface area (Å²) in [5.41, 5.74) is 1.41. The molecule has 0 bridgehead atoms. The van der Waals surface area contributed by atoms with E-state index in [9.17, 15) is 0 Å². The van der Waals surface area contributed by atoms with Crippen LogP contribution < -0.4 is 15.4 Å². The van der Waals surface area contributed by atoms with E-state index in [1.54, 1.807) is 7.11 Å². The summed E-state index contributed by atoms with van der Waals surface area (Å²) in [6.45, 7) is 11.1. The molecule has 2 N–H and O–H groups in total. The van der Waals surface area contributed by atoms with Gasteiger partial charge in [0.1, 0.15) is 5.75 Å². The maximum atomic E-state index is 5.51. The third-order valence-electron chi connectivity index (χ3n) is 6.78. The van der Waals surface area contributed by atoms with Gasteiger partial charge in [-0.25, -0.2) is 0 Å². The minimum atomic E-state index is 0.0537. The van der Waals surface area contributed by atoms with Crippen LogP contribution in [-0.4, -0.2) is 88.4 Å². The first kappa shape index (κ1) is 23.8. The van der Waals surface area contributed by atoms with Crippen LogP contribution in [0.2, 0.25) is 0 Å². The summed E-state index contributed by atoms with van der Waals surface area (Å²) in [4.78, 5) is 9.46. The molecule has 31 heavy (non-hydrogen) atoms. The number of aliphatic imine (C=N–C) groups is 1. The second-order valence-electron chi connectivity index (χ2n) is 9.32. The molecular weight excluding hydrogens is 390 g/mol. The van der Waals surface area contributed by atoms with E-state index in [0.717, 1.165) is 57.6 Å². The van der Waals surface area contributed by atoms with Gasteiger partial charge in [-0.05, 0) is 63.9 Å². The number of morpholine rings is 1. The Hall–Kier alpha value is -1.83. The Labute approximate surface area is 188 Å². The first-order valence-electron chi connectivity index (χ1n) is 11.6. The summed E-state index contributed by atoms with van der Waals surface area (Å²) >= 11 is 0. The molecule has 2 aliphatic rings. The van der Waals surface area contributed by atoms with Crippen molar-refractivity contribution in [3.8, 4) is 5.75 Å². The number of guanidine groups is 1. The molecule has 2 heterocycles. The normalized spacial score (nSPS) is 24.1. The summed E-state index contributed by atoms with van der Waals surface area (Å²) in [5, 5.41) is 7.16. The van der Waals surface area contributed by atoms with Gasteiger partial charge in [0.25, 0.3) is 0 Å². The zero-order chi connectivity index (χ0) is 22.3. The zero-order valence-corrected chi connectivity index (χ0v) is 20.0. The molecule has 2 saturated heterocycles. The lowest BCUT2D eigenvalue weighted by Crippen LogP contribution is -2.56. The van der Waals surface area contributed by atoms with Gasteiger partial charge in [-0.2, -0.15) is 0 Å². The van der Waals surface area contributed by atoms with Crippen LogP contribution in [0.4, 0.5) is 0 Å². The van der Waals surface area contributed by atoms with Gasteiger partial charge in [0, 0.05) is 44.8 Å². The van der Waals surface area contributed by atoms with Crippen LogP contribution in [0.3, 0.4) is 0 Å². The van der Waals surface area contributed by atoms with Gasteiger partial charge in [0.2, 0.25) is 0 Å². The van der Waals surface area contributed by atoms with E-state index in [-0.39, 0.29) is 5.54 Å². The fourth-order valence-electron chi connectivity index (χ4n) is 4.83. The highest BCUT2D eigenvalue weighted by Gasteiger charge is 2.31. The van der Waals surface area contributed by atoms with Crippen molar-refractivity contribution in [3.05, 3.63) is 29.8 Å². The molecule has 2 aliphatic heterocycles. The third-order valence-corrected chi connectivity index (χ3v) is 6.78. The largest absolute Gasteiger partial charge is 0.497 e. The van der Waals surface area contributed by atoms with Crippen molar-refractivity contribution in [2.45, 2.75) is 38.3 Å². The van der Waals surface area contributed by atoms with Crippen molar-refractivity contribution >= 4 is 5.96 Å². The highest BCUT2D eigenvalue weighted by molar-refractivity contribution is 5.79. The summed E-state index contributed by atoms with van der Waals surface area (Å²) in [7, 11) is 5.80. The lowest BCUT2D eigenvalue weighted by molar-refractivity contribution is -0.00835. The topological polar surface area (TPSA) is 61.4 Å². The van der Waals surface area contributed by atoms with Crippen LogP contribution in [0, 0.1) is 5.92 Å². The molecule has 7 nitrogen and oxygen atoms in total. The SMILES string of the molecule is CN=C(NCC1CCCN(C)C1c1ccc(OC)cc1)NCC(C)(C)N1CCOCC1. The van der Waals surface area contributed by atoms with Crippen molar-refractivity contribution in [2.75, 3.05) is 67.1 Å². The van der Waals surface area contributed by atoms with E-state index in [0.29, 0.717) is 12.0 Å². The molecule has 7 heteroatoms. The van der Waals surface area contributed by atoms with Gasteiger partial charge in [-0.3, -0.25) is 14.8 Å². The van der Waals surface area contributed by atoms with E-state index in [2.05, 4.69) is 70.6 Å². The lowest BCUT2D eigenvalue weighted by atomic mass is 9.85. The molecule has 0 spiro atoms. The van der Waals surface area contributed by atoms with Gasteiger partial charge in [-0.15, -0.1) is 0 Å².